The zero-order chi connectivity index (χ0) is 25.7. The van der Waals surface area contributed by atoms with Crippen LogP contribution < -0.4 is 34.0 Å². The molecule has 0 saturated heterocycles. The third-order valence-electron chi connectivity index (χ3n) is 6.67. The Kier molecular flexibility index (Phi) is 28.1. The van der Waals surface area contributed by atoms with Gasteiger partial charge >= 0.3 is 11.9 Å². The lowest BCUT2D eigenvalue weighted by Crippen LogP contribution is -3.00. The molecule has 0 radical (unpaired) electrons. The zero-order valence-electron chi connectivity index (χ0n) is 24.4. The molecule has 218 valence electrons. The van der Waals surface area contributed by atoms with Crippen LogP contribution in [0.15, 0.2) is 0 Å². The Labute approximate surface area is 244 Å². The number of quaternary nitrogens is 2. The molecule has 0 aromatic heterocycles. The third kappa shape index (κ3) is 26.9. The first-order valence-electron chi connectivity index (χ1n) is 14.1. The van der Waals surface area contributed by atoms with Crippen molar-refractivity contribution in [2.45, 2.75) is 104 Å². The molecule has 0 fully saturated rings. The van der Waals surface area contributed by atoms with Crippen LogP contribution in [-0.4, -0.2) is 88.5 Å². The maximum absolute atomic E-state index is 12.0. The quantitative estimate of drug-likeness (QED) is 0.0873. The molecule has 0 atom stereocenters. The minimum atomic E-state index is -0.0965. The van der Waals surface area contributed by atoms with E-state index in [0.717, 1.165) is 60.8 Å². The summed E-state index contributed by atoms with van der Waals surface area (Å²) in [5, 5.41) is 0. The molecular weight excluding hydrogens is 588 g/mol. The van der Waals surface area contributed by atoms with E-state index in [1.54, 1.807) is 0 Å². The highest BCUT2D eigenvalue weighted by atomic mass is 79.9. The average Bonchev–Trinajstić information content (AvgIpc) is 2.76. The topological polar surface area (TPSA) is 52.6 Å². The largest absolute Gasteiger partial charge is 1.00 e. The summed E-state index contributed by atoms with van der Waals surface area (Å²) in [4.78, 5) is 23.9. The third-order valence-corrected chi connectivity index (χ3v) is 6.67. The second-order valence-corrected chi connectivity index (χ2v) is 11.2. The molecule has 8 heteroatoms. The SMILES string of the molecule is CCCCCC[N+](C)(C)CCOC(=O)CCCCCCC(=O)OCC[N+](C)(C)CCCCCC.[Br-].[Br-]. The van der Waals surface area contributed by atoms with Crippen LogP contribution >= 0.6 is 0 Å². The predicted molar refractivity (Wildman–Crippen MR) is 142 cm³/mol. The van der Waals surface area contributed by atoms with E-state index in [4.69, 9.17) is 9.47 Å². The van der Waals surface area contributed by atoms with Crippen molar-refractivity contribution < 1.29 is 62.0 Å². The molecule has 0 aliphatic carbocycles. The summed E-state index contributed by atoms with van der Waals surface area (Å²) < 4.78 is 12.7. The molecule has 6 nitrogen and oxygen atoms in total. The van der Waals surface area contributed by atoms with Crippen molar-refractivity contribution in [1.82, 2.24) is 0 Å². The van der Waals surface area contributed by atoms with E-state index in [0.29, 0.717) is 26.1 Å². The van der Waals surface area contributed by atoms with Crippen LogP contribution in [0.25, 0.3) is 0 Å². The number of hydrogen-bond acceptors (Lipinski definition) is 4. The predicted octanol–water partition coefficient (Wildman–Crippen LogP) is -0.265. The average molecular weight is 647 g/mol. The van der Waals surface area contributed by atoms with Crippen molar-refractivity contribution in [2.75, 3.05) is 67.6 Å². The summed E-state index contributed by atoms with van der Waals surface area (Å²) in [6, 6.07) is 0. The fourth-order valence-corrected chi connectivity index (χ4v) is 4.01. The Hall–Kier alpha value is -0.180. The number of unbranched alkanes of at least 4 members (excludes halogenated alkanes) is 9. The number of likely N-dealkylation sites (N-methyl/N-ethyl adjacent to an activating group) is 2. The Morgan fingerprint density at radius 3 is 1.17 bits per heavy atom. The van der Waals surface area contributed by atoms with E-state index in [9.17, 15) is 9.59 Å². The second kappa shape index (κ2) is 25.1. The molecule has 0 aromatic rings. The number of esters is 2. The van der Waals surface area contributed by atoms with E-state index in [-0.39, 0.29) is 45.9 Å². The molecule has 0 saturated carbocycles. The van der Waals surface area contributed by atoms with Gasteiger partial charge < -0.3 is 52.4 Å². The lowest BCUT2D eigenvalue weighted by atomic mass is 10.1. The van der Waals surface area contributed by atoms with Crippen molar-refractivity contribution in [1.29, 1.82) is 0 Å². The molecule has 0 bridgehead atoms. The first kappa shape index (κ1) is 40.3. The highest BCUT2D eigenvalue weighted by Crippen LogP contribution is 2.09. The summed E-state index contributed by atoms with van der Waals surface area (Å²) >= 11 is 0. The first-order valence-corrected chi connectivity index (χ1v) is 14.1. The van der Waals surface area contributed by atoms with Gasteiger partial charge in [0.15, 0.2) is 0 Å². The smallest absolute Gasteiger partial charge is 0.305 e. The molecule has 0 aliphatic rings. The van der Waals surface area contributed by atoms with Gasteiger partial charge in [-0.1, -0.05) is 52.4 Å². The summed E-state index contributed by atoms with van der Waals surface area (Å²) in [6.07, 6.45) is 14.6. The van der Waals surface area contributed by atoms with Gasteiger partial charge in [-0.05, 0) is 38.5 Å². The van der Waals surface area contributed by atoms with Crippen molar-refractivity contribution in [3.05, 3.63) is 0 Å². The number of carbonyl (C=O) groups excluding carboxylic acids is 2. The molecule has 0 aromatic carbocycles. The lowest BCUT2D eigenvalue weighted by Gasteiger charge is -2.29. The van der Waals surface area contributed by atoms with Crippen LogP contribution in [0.3, 0.4) is 0 Å². The number of nitrogens with zero attached hydrogens (tertiary/aromatic N) is 2. The number of hydrogen-bond donors (Lipinski definition) is 0. The maximum Gasteiger partial charge on any atom is 0.305 e. The van der Waals surface area contributed by atoms with Gasteiger partial charge in [0.1, 0.15) is 26.3 Å². The molecule has 0 spiro atoms. The summed E-state index contributed by atoms with van der Waals surface area (Å²) in [5.41, 5.74) is 0. The van der Waals surface area contributed by atoms with E-state index in [1.807, 2.05) is 0 Å². The Bertz CT molecular complexity index is 486. The lowest BCUT2D eigenvalue weighted by molar-refractivity contribution is -0.890. The van der Waals surface area contributed by atoms with Crippen molar-refractivity contribution in [2.24, 2.45) is 0 Å². The van der Waals surface area contributed by atoms with Gasteiger partial charge in [0.25, 0.3) is 0 Å². The van der Waals surface area contributed by atoms with E-state index in [1.165, 1.54) is 51.4 Å². The zero-order valence-corrected chi connectivity index (χ0v) is 27.6. The van der Waals surface area contributed by atoms with Gasteiger partial charge in [-0.3, -0.25) is 9.59 Å². The van der Waals surface area contributed by atoms with Crippen LogP contribution in [0, 0.1) is 0 Å². The molecule has 0 unspecified atom stereocenters. The summed E-state index contributed by atoms with van der Waals surface area (Å²) in [6.45, 7) is 9.47. The van der Waals surface area contributed by atoms with Gasteiger partial charge in [-0.15, -0.1) is 0 Å². The Morgan fingerprint density at radius 1 is 0.500 bits per heavy atom. The van der Waals surface area contributed by atoms with Gasteiger partial charge in [0.05, 0.1) is 41.3 Å². The molecular formula is C28H58Br2N2O4. The van der Waals surface area contributed by atoms with E-state index < -0.39 is 0 Å². The standard InChI is InChI=1S/C28H58N2O4.2BrH/c1-7-9-11-17-21-29(3,4)23-25-33-27(31)19-15-13-14-16-20-28(32)34-26-24-30(5,6)22-18-12-10-8-2;;/h7-26H2,1-6H3;2*1H/q+2;;/p-2. The minimum Gasteiger partial charge on any atom is -1.00 e. The molecule has 0 amide bonds. The first-order chi connectivity index (χ1) is 16.1. The highest BCUT2D eigenvalue weighted by Gasteiger charge is 2.16. The molecule has 0 aliphatic heterocycles. The Balaban J connectivity index is -0.00000544. The normalized spacial score (nSPS) is 11.4. The summed E-state index contributed by atoms with van der Waals surface area (Å²) in [7, 11) is 8.83. The van der Waals surface area contributed by atoms with Crippen LogP contribution in [0.2, 0.25) is 0 Å². The number of halogens is 2. The molecule has 0 N–H and O–H groups in total. The van der Waals surface area contributed by atoms with Crippen LogP contribution in [0.1, 0.15) is 104 Å². The van der Waals surface area contributed by atoms with Gasteiger partial charge in [-0.25, -0.2) is 0 Å². The fraction of sp³-hybridized carbons (Fsp3) is 0.929. The van der Waals surface area contributed by atoms with Crippen LogP contribution in [0.4, 0.5) is 0 Å². The van der Waals surface area contributed by atoms with Gasteiger partial charge in [-0.2, -0.15) is 0 Å². The minimum absolute atomic E-state index is 0. The summed E-state index contributed by atoms with van der Waals surface area (Å²) in [5.74, 6) is -0.193. The molecule has 0 heterocycles. The van der Waals surface area contributed by atoms with Crippen LogP contribution in [-0.2, 0) is 19.1 Å². The highest BCUT2D eigenvalue weighted by molar-refractivity contribution is 5.69. The Morgan fingerprint density at radius 2 is 0.833 bits per heavy atom. The van der Waals surface area contributed by atoms with Crippen LogP contribution in [0.5, 0.6) is 0 Å². The van der Waals surface area contributed by atoms with E-state index >= 15 is 0 Å². The number of ether oxygens (including phenoxy) is 2. The van der Waals surface area contributed by atoms with Crippen molar-refractivity contribution in [3.63, 3.8) is 0 Å². The van der Waals surface area contributed by atoms with Gasteiger partial charge in [0.2, 0.25) is 0 Å². The second-order valence-electron chi connectivity index (χ2n) is 11.2. The van der Waals surface area contributed by atoms with E-state index in [2.05, 4.69) is 42.0 Å². The molecule has 0 rings (SSSR count). The van der Waals surface area contributed by atoms with Crippen molar-refractivity contribution in [3.8, 4) is 0 Å². The monoisotopic (exact) mass is 644 g/mol. The number of rotatable bonds is 23. The van der Waals surface area contributed by atoms with Crippen molar-refractivity contribution >= 4 is 11.9 Å². The van der Waals surface area contributed by atoms with Gasteiger partial charge in [0, 0.05) is 12.8 Å². The maximum atomic E-state index is 12.0. The fourth-order valence-electron chi connectivity index (χ4n) is 4.01. The number of carbonyl (C=O) groups is 2. The molecule has 36 heavy (non-hydrogen) atoms.